The van der Waals surface area contributed by atoms with Gasteiger partial charge in [-0.2, -0.15) is 0 Å². The molecule has 0 aromatic heterocycles. The van der Waals surface area contributed by atoms with Crippen LogP contribution < -0.4 is 9.79 Å². The molecule has 0 aromatic rings. The second-order valence-corrected chi connectivity index (χ2v) is 14.6. The Kier molecular flexibility index (Phi) is 39.5. The van der Waals surface area contributed by atoms with Crippen molar-refractivity contribution in [3.05, 3.63) is 0 Å². The minimum atomic E-state index is -4.14. The molecule has 0 spiro atoms. The Morgan fingerprint density at radius 3 is 0.773 bits per heavy atom. The molecule has 0 aliphatic rings. The van der Waals surface area contributed by atoms with E-state index in [-0.39, 0.29) is 50.5 Å². The van der Waals surface area contributed by atoms with E-state index in [1.54, 1.807) is 0 Å². The zero-order valence-electron chi connectivity index (χ0n) is 29.6. The van der Waals surface area contributed by atoms with Crippen molar-refractivity contribution in [3.8, 4) is 0 Å². The summed E-state index contributed by atoms with van der Waals surface area (Å²) in [5, 5.41) is 0. The van der Waals surface area contributed by atoms with Gasteiger partial charge in [0.05, 0.1) is 26.4 Å². The fourth-order valence-electron chi connectivity index (χ4n) is 4.45. The molecule has 0 fully saturated rings. The van der Waals surface area contributed by atoms with Gasteiger partial charge < -0.3 is 33.4 Å². The molecule has 267 valence electrons. The van der Waals surface area contributed by atoms with Crippen molar-refractivity contribution in [3.63, 3.8) is 0 Å². The number of phosphoric acid groups is 2. The maximum absolute atomic E-state index is 11.8. The second-order valence-electron chi connectivity index (χ2n) is 11.7. The first-order chi connectivity index (χ1) is 20.0. The van der Waals surface area contributed by atoms with Gasteiger partial charge in [0.2, 0.25) is 0 Å². The summed E-state index contributed by atoms with van der Waals surface area (Å²) in [6.07, 6.45) is 16.8. The molecule has 0 rings (SSSR count). The first-order valence-corrected chi connectivity index (χ1v) is 20.1. The van der Waals surface area contributed by atoms with E-state index in [0.29, 0.717) is 23.7 Å². The molecule has 0 aliphatic carbocycles. The van der Waals surface area contributed by atoms with Crippen molar-refractivity contribution in [1.82, 2.24) is 0 Å². The molecule has 9 nitrogen and oxygen atoms in total. The summed E-state index contributed by atoms with van der Waals surface area (Å²) in [7, 11) is -8.28. The van der Waals surface area contributed by atoms with E-state index in [4.69, 9.17) is 18.1 Å². The van der Waals surface area contributed by atoms with Gasteiger partial charge in [-0.25, -0.2) is 0 Å². The van der Waals surface area contributed by atoms with Gasteiger partial charge in [-0.15, -0.1) is 0 Å². The van der Waals surface area contributed by atoms with E-state index in [0.717, 1.165) is 103 Å². The fraction of sp³-hybridized carbons (Fsp3) is 1.00. The molecular formula is C32H70O9P2V. The number of unbranched alkanes of at least 4 members (excludes halogenated alkanes) is 4. The molecular weight excluding hydrogens is 641 g/mol. The molecule has 0 heterocycles. The van der Waals surface area contributed by atoms with Crippen LogP contribution in [0.5, 0.6) is 0 Å². The van der Waals surface area contributed by atoms with Crippen LogP contribution in [-0.4, -0.2) is 31.9 Å². The number of phosphoric ester groups is 2. The van der Waals surface area contributed by atoms with Crippen LogP contribution in [0, 0.1) is 23.7 Å². The van der Waals surface area contributed by atoms with Crippen LogP contribution in [-0.2, 0) is 45.8 Å². The fourth-order valence-corrected chi connectivity index (χ4v) is 6.18. The number of hydrogen-bond donors (Lipinski definition) is 0. The Balaban J connectivity index is -0.000000348. The molecule has 0 aromatic carbocycles. The van der Waals surface area contributed by atoms with Gasteiger partial charge in [0, 0.05) is 0 Å². The Bertz CT molecular complexity index is 584. The minimum absolute atomic E-state index is 0. The van der Waals surface area contributed by atoms with Crippen LogP contribution in [0.2, 0.25) is 0 Å². The molecule has 0 amide bonds. The smallest absolute Gasteiger partial charge is 0.756 e. The standard InChI is InChI=1S/2C16H35O4P.H2O.V/c2*1-5-9-11-15(7-3)13-19-21(17,18)20-14-16(8-4)12-10-6-2;;/h2*15-16H,5-14H2,1-4H3,(H,17,18);1H2;/q;;;+2/p-2. The van der Waals surface area contributed by atoms with E-state index >= 15 is 0 Å². The third-order valence-electron chi connectivity index (χ3n) is 8.05. The maximum atomic E-state index is 11.8. The van der Waals surface area contributed by atoms with Crippen molar-refractivity contribution < 1.29 is 61.0 Å². The SMILES string of the molecule is CCCCC(CC)COP(=O)([O-])OCC(CC)CCCC.CCCCC(CC)COP(=O)([O-])OCC(CC)CCCC.O.[V+2]. The van der Waals surface area contributed by atoms with E-state index in [1.807, 2.05) is 0 Å². The van der Waals surface area contributed by atoms with Crippen molar-refractivity contribution in [2.75, 3.05) is 26.4 Å². The summed E-state index contributed by atoms with van der Waals surface area (Å²) in [5.74, 6) is 1.21. The van der Waals surface area contributed by atoms with Crippen LogP contribution in [0.1, 0.15) is 158 Å². The first kappa shape index (κ1) is 51.6. The summed E-state index contributed by atoms with van der Waals surface area (Å²) in [5.41, 5.74) is 0. The average Bonchev–Trinajstić information content (AvgIpc) is 2.98. The molecule has 4 unspecified atom stereocenters. The van der Waals surface area contributed by atoms with Crippen LogP contribution in [0.4, 0.5) is 0 Å². The quantitative estimate of drug-likeness (QED) is 0.0730. The monoisotopic (exact) mass is 711 g/mol. The molecule has 0 bridgehead atoms. The van der Waals surface area contributed by atoms with E-state index in [9.17, 15) is 18.9 Å². The Labute approximate surface area is 284 Å². The first-order valence-electron chi connectivity index (χ1n) is 17.2. The zero-order chi connectivity index (χ0) is 32.3. The van der Waals surface area contributed by atoms with E-state index in [1.165, 1.54) is 0 Å². The predicted molar refractivity (Wildman–Crippen MR) is 176 cm³/mol. The molecule has 0 saturated carbocycles. The van der Waals surface area contributed by atoms with E-state index < -0.39 is 15.6 Å². The van der Waals surface area contributed by atoms with Crippen LogP contribution in [0.3, 0.4) is 0 Å². The van der Waals surface area contributed by atoms with Gasteiger partial charge in [-0.05, 0) is 49.4 Å². The topological polar surface area (TPSA) is 149 Å². The van der Waals surface area contributed by atoms with Gasteiger partial charge in [0.25, 0.3) is 15.6 Å². The summed E-state index contributed by atoms with van der Waals surface area (Å²) >= 11 is 0. The largest absolute Gasteiger partial charge is 2.00 e. The van der Waals surface area contributed by atoms with Crippen LogP contribution in [0.15, 0.2) is 0 Å². The van der Waals surface area contributed by atoms with Crippen LogP contribution >= 0.6 is 15.6 Å². The molecule has 44 heavy (non-hydrogen) atoms. The third kappa shape index (κ3) is 31.4. The summed E-state index contributed by atoms with van der Waals surface area (Å²) in [4.78, 5) is 23.6. The minimum Gasteiger partial charge on any atom is -0.756 e. The molecule has 0 saturated heterocycles. The molecule has 0 aliphatic heterocycles. The van der Waals surface area contributed by atoms with Gasteiger partial charge in [0.1, 0.15) is 0 Å². The van der Waals surface area contributed by atoms with Gasteiger partial charge in [-0.3, -0.25) is 9.13 Å². The zero-order valence-corrected chi connectivity index (χ0v) is 32.7. The molecule has 4 atom stereocenters. The molecule has 1 radical (unpaired) electrons. The second kappa shape index (κ2) is 33.7. The van der Waals surface area contributed by atoms with E-state index in [2.05, 4.69) is 55.4 Å². The number of hydrogen-bond acceptors (Lipinski definition) is 8. The van der Waals surface area contributed by atoms with Crippen molar-refractivity contribution in [2.24, 2.45) is 23.7 Å². The normalized spacial score (nSPS) is 16.6. The Hall–Kier alpha value is 0.764. The summed E-state index contributed by atoms with van der Waals surface area (Å²) in [6.45, 7) is 17.8. The Morgan fingerprint density at radius 1 is 0.455 bits per heavy atom. The average molecular weight is 712 g/mol. The predicted octanol–water partition coefficient (Wildman–Crippen LogP) is 9.01. The Morgan fingerprint density at radius 2 is 0.636 bits per heavy atom. The van der Waals surface area contributed by atoms with Gasteiger partial charge in [0.15, 0.2) is 0 Å². The number of rotatable bonds is 28. The van der Waals surface area contributed by atoms with Crippen molar-refractivity contribution in [2.45, 2.75) is 158 Å². The van der Waals surface area contributed by atoms with Gasteiger partial charge in [-0.1, -0.05) is 132 Å². The van der Waals surface area contributed by atoms with Crippen LogP contribution in [0.25, 0.3) is 0 Å². The van der Waals surface area contributed by atoms with Gasteiger partial charge >= 0.3 is 18.6 Å². The summed E-state index contributed by atoms with van der Waals surface area (Å²) in [6, 6.07) is 0. The summed E-state index contributed by atoms with van der Waals surface area (Å²) < 4.78 is 43.8. The third-order valence-corrected chi connectivity index (χ3v) is 9.91. The molecule has 12 heteroatoms. The maximum Gasteiger partial charge on any atom is 2.00 e. The molecule has 2 N–H and O–H groups in total. The van der Waals surface area contributed by atoms with Crippen molar-refractivity contribution in [1.29, 1.82) is 0 Å². The van der Waals surface area contributed by atoms with Crippen molar-refractivity contribution >= 4 is 15.6 Å².